The maximum absolute atomic E-state index is 6.38. The summed E-state index contributed by atoms with van der Waals surface area (Å²) >= 11 is 0. The van der Waals surface area contributed by atoms with Gasteiger partial charge in [-0.1, -0.05) is 0 Å². The van der Waals surface area contributed by atoms with Gasteiger partial charge in [0.1, 0.15) is 0 Å². The van der Waals surface area contributed by atoms with Crippen molar-refractivity contribution in [1.82, 2.24) is 15.1 Å². The lowest BCUT2D eigenvalue weighted by Gasteiger charge is -2.41. The van der Waals surface area contributed by atoms with Crippen LogP contribution in [-0.2, 0) is 4.74 Å². The topological polar surface area (TPSA) is 41.5 Å². The first-order valence-electron chi connectivity index (χ1n) is 9.84. The highest BCUT2D eigenvalue weighted by molar-refractivity contribution is 5.49. The minimum atomic E-state index is 0.390. The largest absolute Gasteiger partial charge is 0.376 e. The third-order valence-corrected chi connectivity index (χ3v) is 6.62. The van der Waals surface area contributed by atoms with Crippen LogP contribution < -0.4 is 4.90 Å². The lowest BCUT2D eigenvalue weighted by atomic mass is 9.77. The molecule has 0 unspecified atom stereocenters. The number of hydrogen-bond acceptors (Lipinski definition) is 5. The van der Waals surface area contributed by atoms with Gasteiger partial charge in [-0.05, 0) is 82.5 Å². The average molecular weight is 345 g/mol. The Morgan fingerprint density at radius 1 is 1.16 bits per heavy atom. The summed E-state index contributed by atoms with van der Waals surface area (Å²) in [6.45, 7) is 7.49. The van der Waals surface area contributed by atoms with Crippen LogP contribution >= 0.6 is 0 Å². The van der Waals surface area contributed by atoms with Crippen LogP contribution in [0.5, 0.6) is 0 Å². The maximum atomic E-state index is 6.38. The van der Waals surface area contributed by atoms with E-state index in [1.807, 2.05) is 6.20 Å². The van der Waals surface area contributed by atoms with E-state index in [1.165, 1.54) is 36.8 Å². The minimum Gasteiger partial charge on any atom is -0.376 e. The van der Waals surface area contributed by atoms with Crippen LogP contribution in [0.25, 0.3) is 0 Å². The third kappa shape index (κ3) is 3.54. The summed E-state index contributed by atoms with van der Waals surface area (Å²) in [5.41, 5.74) is 2.51. The number of rotatable bonds is 5. The molecule has 2 saturated carbocycles. The van der Waals surface area contributed by atoms with Gasteiger partial charge in [-0.25, -0.2) is 0 Å². The quantitative estimate of drug-likeness (QED) is 0.821. The van der Waals surface area contributed by atoms with Gasteiger partial charge in [0.15, 0.2) is 5.82 Å². The van der Waals surface area contributed by atoms with Crippen LogP contribution in [0.4, 0.5) is 5.82 Å². The van der Waals surface area contributed by atoms with Gasteiger partial charge in [0.2, 0.25) is 0 Å². The lowest BCUT2D eigenvalue weighted by Crippen LogP contribution is -2.48. The smallest absolute Gasteiger partial charge is 0.154 e. The Labute approximate surface area is 151 Å². The van der Waals surface area contributed by atoms with E-state index in [4.69, 9.17) is 4.74 Å². The van der Waals surface area contributed by atoms with E-state index in [9.17, 15) is 0 Å². The molecule has 25 heavy (non-hydrogen) atoms. The second-order valence-corrected chi connectivity index (χ2v) is 8.72. The fraction of sp³-hybridized carbons (Fsp3) is 0.800. The van der Waals surface area contributed by atoms with Gasteiger partial charge in [0.25, 0.3) is 0 Å². The highest BCUT2D eigenvalue weighted by atomic mass is 16.5. The SMILES string of the molecule is Cc1cnnc(N2C[C@H]3C[C@@H](N(C)C)[C@H](OCC4CC4)C[C@H]3C2)c1C. The van der Waals surface area contributed by atoms with Crippen molar-refractivity contribution in [3.63, 3.8) is 0 Å². The molecule has 1 aliphatic heterocycles. The molecule has 0 amide bonds. The van der Waals surface area contributed by atoms with Crippen molar-refractivity contribution in [2.24, 2.45) is 17.8 Å². The second kappa shape index (κ2) is 6.84. The molecule has 1 saturated heterocycles. The number of fused-ring (bicyclic) bond motifs is 1. The van der Waals surface area contributed by atoms with Crippen LogP contribution in [-0.4, -0.2) is 61.0 Å². The molecule has 0 aromatic carbocycles. The monoisotopic (exact) mass is 344 g/mol. The molecule has 0 N–H and O–H groups in total. The summed E-state index contributed by atoms with van der Waals surface area (Å²) in [6, 6.07) is 0.546. The average Bonchev–Trinajstić information content (AvgIpc) is 3.32. The van der Waals surface area contributed by atoms with Crippen LogP contribution in [0.2, 0.25) is 0 Å². The molecule has 1 aromatic rings. The zero-order chi connectivity index (χ0) is 17.6. The highest BCUT2D eigenvalue weighted by Crippen LogP contribution is 2.41. The molecular weight excluding hydrogens is 312 g/mol. The molecule has 5 heteroatoms. The Morgan fingerprint density at radius 2 is 1.88 bits per heavy atom. The Balaban J connectivity index is 1.47. The number of ether oxygens (including phenoxy) is 1. The molecule has 4 atom stereocenters. The van der Waals surface area contributed by atoms with E-state index in [1.54, 1.807) is 0 Å². The van der Waals surface area contributed by atoms with Gasteiger partial charge in [0.05, 0.1) is 12.3 Å². The molecule has 2 aliphatic carbocycles. The normalized spacial score (nSPS) is 32.3. The van der Waals surface area contributed by atoms with E-state index >= 15 is 0 Å². The summed E-state index contributed by atoms with van der Waals surface area (Å²) in [5.74, 6) is 3.40. The van der Waals surface area contributed by atoms with E-state index < -0.39 is 0 Å². The van der Waals surface area contributed by atoms with E-state index in [2.05, 4.69) is 47.9 Å². The molecule has 3 aliphatic rings. The summed E-state index contributed by atoms with van der Waals surface area (Å²) < 4.78 is 6.38. The van der Waals surface area contributed by atoms with Crippen molar-refractivity contribution in [2.45, 2.75) is 51.7 Å². The molecule has 1 aromatic heterocycles. The van der Waals surface area contributed by atoms with Crippen molar-refractivity contribution < 1.29 is 4.74 Å². The standard InChI is InChI=1S/C20H32N4O/c1-13-9-21-22-20(14(13)2)24-10-16-7-18(23(3)4)19(8-17(16)11-24)25-12-15-5-6-15/h9,15-19H,5-8,10-12H2,1-4H3/t16-,17+,18-,19-/m1/s1. The summed E-state index contributed by atoms with van der Waals surface area (Å²) in [5, 5.41) is 8.65. The zero-order valence-electron chi connectivity index (χ0n) is 16.1. The number of anilines is 1. The van der Waals surface area contributed by atoms with Crippen molar-refractivity contribution in [3.05, 3.63) is 17.3 Å². The van der Waals surface area contributed by atoms with Crippen LogP contribution in [0.3, 0.4) is 0 Å². The molecule has 0 bridgehead atoms. The lowest BCUT2D eigenvalue weighted by molar-refractivity contribution is -0.0493. The third-order valence-electron chi connectivity index (χ3n) is 6.62. The Hall–Kier alpha value is -1.20. The fourth-order valence-electron chi connectivity index (χ4n) is 4.65. The minimum absolute atomic E-state index is 0.390. The molecule has 0 radical (unpaired) electrons. The van der Waals surface area contributed by atoms with E-state index in [-0.39, 0.29) is 0 Å². The van der Waals surface area contributed by atoms with Crippen LogP contribution in [0.15, 0.2) is 6.20 Å². The Morgan fingerprint density at radius 3 is 2.56 bits per heavy atom. The van der Waals surface area contributed by atoms with Gasteiger partial charge < -0.3 is 14.5 Å². The molecule has 4 rings (SSSR count). The molecule has 5 nitrogen and oxygen atoms in total. The zero-order valence-corrected chi connectivity index (χ0v) is 16.1. The predicted molar refractivity (Wildman–Crippen MR) is 99.9 cm³/mol. The second-order valence-electron chi connectivity index (χ2n) is 8.72. The van der Waals surface area contributed by atoms with Gasteiger partial charge in [-0.3, -0.25) is 0 Å². The summed E-state index contributed by atoms with van der Waals surface area (Å²) in [7, 11) is 4.42. The van der Waals surface area contributed by atoms with Gasteiger partial charge in [-0.2, -0.15) is 5.10 Å². The first kappa shape index (κ1) is 17.2. The number of aryl methyl sites for hydroxylation is 1. The van der Waals surface area contributed by atoms with E-state index in [0.29, 0.717) is 12.1 Å². The number of likely N-dealkylation sites (N-methyl/N-ethyl adjacent to an activating group) is 1. The maximum Gasteiger partial charge on any atom is 0.154 e. The Kier molecular flexibility index (Phi) is 4.71. The molecule has 0 spiro atoms. The van der Waals surface area contributed by atoms with Crippen LogP contribution in [0, 0.1) is 31.6 Å². The number of hydrogen-bond donors (Lipinski definition) is 0. The Bertz CT molecular complexity index is 616. The number of nitrogens with zero attached hydrogens (tertiary/aromatic N) is 4. The molecule has 2 heterocycles. The van der Waals surface area contributed by atoms with Gasteiger partial charge in [-0.15, -0.1) is 5.10 Å². The van der Waals surface area contributed by atoms with Crippen molar-refractivity contribution in [2.75, 3.05) is 38.7 Å². The van der Waals surface area contributed by atoms with Gasteiger partial charge >= 0.3 is 0 Å². The van der Waals surface area contributed by atoms with E-state index in [0.717, 1.165) is 43.3 Å². The first-order chi connectivity index (χ1) is 12.0. The summed E-state index contributed by atoms with van der Waals surface area (Å²) in [4.78, 5) is 4.86. The summed E-state index contributed by atoms with van der Waals surface area (Å²) in [6.07, 6.45) is 7.42. The highest BCUT2D eigenvalue weighted by Gasteiger charge is 2.44. The van der Waals surface area contributed by atoms with Crippen molar-refractivity contribution in [3.8, 4) is 0 Å². The molecule has 3 fully saturated rings. The predicted octanol–water partition coefficient (Wildman–Crippen LogP) is 2.67. The molecule has 138 valence electrons. The van der Waals surface area contributed by atoms with Crippen molar-refractivity contribution >= 4 is 5.82 Å². The van der Waals surface area contributed by atoms with Crippen LogP contribution in [0.1, 0.15) is 36.8 Å². The fourth-order valence-corrected chi connectivity index (χ4v) is 4.65. The molecular formula is C20H32N4O. The first-order valence-corrected chi connectivity index (χ1v) is 9.84. The number of aromatic nitrogens is 2. The van der Waals surface area contributed by atoms with Gasteiger partial charge in [0, 0.05) is 25.7 Å². The van der Waals surface area contributed by atoms with Crippen molar-refractivity contribution in [1.29, 1.82) is 0 Å².